The van der Waals surface area contributed by atoms with Gasteiger partial charge in [0.15, 0.2) is 5.76 Å². The first-order chi connectivity index (χ1) is 10.7. The van der Waals surface area contributed by atoms with E-state index in [1.54, 1.807) is 7.11 Å². The second kappa shape index (κ2) is 5.83. The van der Waals surface area contributed by atoms with Gasteiger partial charge in [0.1, 0.15) is 11.7 Å². The Kier molecular flexibility index (Phi) is 3.88. The highest BCUT2D eigenvalue weighted by Gasteiger charge is 2.49. The highest BCUT2D eigenvalue weighted by Crippen LogP contribution is 2.46. The summed E-state index contributed by atoms with van der Waals surface area (Å²) in [6.45, 7) is 0.522. The van der Waals surface area contributed by atoms with Gasteiger partial charge < -0.3 is 14.2 Å². The van der Waals surface area contributed by atoms with E-state index in [1.165, 1.54) is 7.11 Å². The number of allylic oxidation sites excluding steroid dienone is 2. The van der Waals surface area contributed by atoms with Crippen molar-refractivity contribution in [3.63, 3.8) is 0 Å². The molecule has 0 unspecified atom stereocenters. The molecule has 0 saturated heterocycles. The van der Waals surface area contributed by atoms with Crippen LogP contribution in [0.1, 0.15) is 24.3 Å². The predicted octanol–water partition coefficient (Wildman–Crippen LogP) is 2.22. The van der Waals surface area contributed by atoms with Crippen LogP contribution in [0.5, 0.6) is 5.75 Å². The molecule has 0 fully saturated rings. The van der Waals surface area contributed by atoms with Gasteiger partial charge in [0, 0.05) is 5.92 Å². The molecule has 1 aliphatic heterocycles. The number of ketones is 1. The van der Waals surface area contributed by atoms with Crippen molar-refractivity contribution in [1.29, 1.82) is 0 Å². The smallest absolute Gasteiger partial charge is 0.317 e. The molecule has 116 valence electrons. The first-order valence-electron chi connectivity index (χ1n) is 7.29. The average Bonchev–Trinajstić information content (AvgIpc) is 2.87. The lowest BCUT2D eigenvalue weighted by Gasteiger charge is -2.21. The molecule has 0 aromatic heterocycles. The van der Waals surface area contributed by atoms with Crippen molar-refractivity contribution < 1.29 is 23.8 Å². The van der Waals surface area contributed by atoms with Gasteiger partial charge in [-0.3, -0.25) is 9.59 Å². The Labute approximate surface area is 128 Å². The average molecular weight is 302 g/mol. The quantitative estimate of drug-likeness (QED) is 0.633. The van der Waals surface area contributed by atoms with Crippen molar-refractivity contribution in [2.24, 2.45) is 5.92 Å². The third kappa shape index (κ3) is 2.26. The van der Waals surface area contributed by atoms with Crippen LogP contribution in [0.25, 0.3) is 0 Å². The van der Waals surface area contributed by atoms with Gasteiger partial charge in [0.25, 0.3) is 0 Å². The van der Waals surface area contributed by atoms with Gasteiger partial charge in [-0.05, 0) is 36.1 Å². The van der Waals surface area contributed by atoms with E-state index in [1.807, 2.05) is 24.3 Å². The molecule has 0 bridgehead atoms. The Hall–Kier alpha value is -2.30. The molecule has 5 heteroatoms. The van der Waals surface area contributed by atoms with Crippen molar-refractivity contribution in [3.8, 4) is 5.75 Å². The fourth-order valence-electron chi connectivity index (χ4n) is 3.24. The minimum atomic E-state index is -0.846. The molecule has 2 aliphatic rings. The summed E-state index contributed by atoms with van der Waals surface area (Å²) >= 11 is 0. The number of carbonyl (C=O) groups excluding carboxylic acids is 2. The fraction of sp³-hybridized carbons (Fsp3) is 0.412. The zero-order valence-electron chi connectivity index (χ0n) is 12.6. The lowest BCUT2D eigenvalue weighted by Crippen LogP contribution is -2.27. The monoisotopic (exact) mass is 302 g/mol. The molecule has 22 heavy (non-hydrogen) atoms. The lowest BCUT2D eigenvalue weighted by molar-refractivity contribution is -0.149. The van der Waals surface area contributed by atoms with E-state index in [9.17, 15) is 9.59 Å². The first kappa shape index (κ1) is 14.6. The van der Waals surface area contributed by atoms with Gasteiger partial charge in [-0.2, -0.15) is 0 Å². The van der Waals surface area contributed by atoms with Gasteiger partial charge in [-0.1, -0.05) is 12.1 Å². The van der Waals surface area contributed by atoms with Crippen LogP contribution in [-0.2, 0) is 19.1 Å². The van der Waals surface area contributed by atoms with Crippen LogP contribution in [0.15, 0.2) is 35.6 Å². The van der Waals surface area contributed by atoms with Crippen molar-refractivity contribution in [2.75, 3.05) is 20.8 Å². The SMILES string of the molecule is COC(=O)[C@H]1C(=O)C2=C(CCCO2)[C@@H]1c1ccc(OC)cc1. The van der Waals surface area contributed by atoms with Crippen molar-refractivity contribution >= 4 is 11.8 Å². The maximum absolute atomic E-state index is 12.5. The van der Waals surface area contributed by atoms with E-state index in [0.29, 0.717) is 12.4 Å². The topological polar surface area (TPSA) is 61.8 Å². The van der Waals surface area contributed by atoms with Crippen LogP contribution in [0.4, 0.5) is 0 Å². The van der Waals surface area contributed by atoms with Crippen LogP contribution < -0.4 is 4.74 Å². The summed E-state index contributed by atoms with van der Waals surface area (Å²) in [6.07, 6.45) is 1.62. The number of esters is 1. The third-order valence-electron chi connectivity index (χ3n) is 4.27. The van der Waals surface area contributed by atoms with Gasteiger partial charge in [-0.25, -0.2) is 0 Å². The van der Waals surface area contributed by atoms with Gasteiger partial charge in [0.2, 0.25) is 5.78 Å². The number of benzene rings is 1. The molecule has 1 aromatic carbocycles. The van der Waals surface area contributed by atoms with E-state index >= 15 is 0 Å². The number of rotatable bonds is 3. The number of carbonyl (C=O) groups is 2. The van der Waals surface area contributed by atoms with Crippen molar-refractivity contribution in [1.82, 2.24) is 0 Å². The summed E-state index contributed by atoms with van der Waals surface area (Å²) in [5.41, 5.74) is 1.82. The zero-order valence-corrected chi connectivity index (χ0v) is 12.6. The van der Waals surface area contributed by atoms with Crippen LogP contribution in [0.3, 0.4) is 0 Å². The predicted molar refractivity (Wildman–Crippen MR) is 78.5 cm³/mol. The molecule has 0 N–H and O–H groups in total. The van der Waals surface area contributed by atoms with E-state index in [2.05, 4.69) is 0 Å². The maximum Gasteiger partial charge on any atom is 0.317 e. The largest absolute Gasteiger partial charge is 0.497 e. The Morgan fingerprint density at radius 3 is 2.59 bits per heavy atom. The molecule has 0 saturated carbocycles. The molecule has 0 spiro atoms. The maximum atomic E-state index is 12.5. The molecule has 1 aliphatic carbocycles. The van der Waals surface area contributed by atoms with Crippen LogP contribution in [0, 0.1) is 5.92 Å². The van der Waals surface area contributed by atoms with Crippen LogP contribution in [-0.4, -0.2) is 32.6 Å². The summed E-state index contributed by atoms with van der Waals surface area (Å²) in [5.74, 6) is -0.826. The number of hydrogen-bond acceptors (Lipinski definition) is 5. The summed E-state index contributed by atoms with van der Waals surface area (Å²) < 4.78 is 15.5. The number of ether oxygens (including phenoxy) is 3. The second-order valence-electron chi connectivity index (χ2n) is 5.42. The third-order valence-corrected chi connectivity index (χ3v) is 4.27. The van der Waals surface area contributed by atoms with Gasteiger partial charge >= 0.3 is 5.97 Å². The highest BCUT2D eigenvalue weighted by atomic mass is 16.5. The Morgan fingerprint density at radius 1 is 1.23 bits per heavy atom. The number of methoxy groups -OCH3 is 2. The molecule has 1 aromatic rings. The van der Waals surface area contributed by atoms with Crippen LogP contribution >= 0.6 is 0 Å². The van der Waals surface area contributed by atoms with Crippen molar-refractivity contribution in [3.05, 3.63) is 41.2 Å². The lowest BCUT2D eigenvalue weighted by atomic mass is 9.83. The zero-order chi connectivity index (χ0) is 15.7. The molecule has 1 heterocycles. The van der Waals surface area contributed by atoms with Crippen molar-refractivity contribution in [2.45, 2.75) is 18.8 Å². The molecule has 3 rings (SSSR count). The standard InChI is InChI=1S/C17H18O5/c1-20-11-7-5-10(6-8-11)13-12-4-3-9-22-16(12)15(18)14(13)17(19)21-2/h5-8,13-14H,3-4,9H2,1-2H3/t13-,14+/m0/s1. The van der Waals surface area contributed by atoms with E-state index < -0.39 is 11.9 Å². The minimum absolute atomic E-state index is 0.262. The summed E-state index contributed by atoms with van der Waals surface area (Å²) in [7, 11) is 2.90. The summed E-state index contributed by atoms with van der Waals surface area (Å²) in [4.78, 5) is 24.7. The minimum Gasteiger partial charge on any atom is -0.497 e. The molecule has 0 radical (unpaired) electrons. The van der Waals surface area contributed by atoms with Gasteiger partial charge in [0.05, 0.1) is 20.8 Å². The fourth-order valence-corrected chi connectivity index (χ4v) is 3.24. The molecule has 0 amide bonds. The number of Topliss-reactive ketones (excluding diaryl/α,β-unsaturated/α-hetero) is 1. The number of hydrogen-bond donors (Lipinski definition) is 0. The van der Waals surface area contributed by atoms with E-state index in [4.69, 9.17) is 14.2 Å². The Morgan fingerprint density at radius 2 is 1.95 bits per heavy atom. The molecular weight excluding hydrogens is 284 g/mol. The van der Waals surface area contributed by atoms with Crippen LogP contribution in [0.2, 0.25) is 0 Å². The highest BCUT2D eigenvalue weighted by molar-refractivity contribution is 6.11. The second-order valence-corrected chi connectivity index (χ2v) is 5.42. The Bertz CT molecular complexity index is 629. The summed E-state index contributed by atoms with van der Waals surface area (Å²) in [5, 5.41) is 0. The van der Waals surface area contributed by atoms with E-state index in [-0.39, 0.29) is 11.7 Å². The normalized spacial score (nSPS) is 23.8. The first-order valence-corrected chi connectivity index (χ1v) is 7.29. The summed E-state index contributed by atoms with van der Waals surface area (Å²) in [6, 6.07) is 7.43. The van der Waals surface area contributed by atoms with E-state index in [0.717, 1.165) is 29.7 Å². The molecule has 2 atom stereocenters. The molecular formula is C17H18O5. The van der Waals surface area contributed by atoms with Gasteiger partial charge in [-0.15, -0.1) is 0 Å². The molecule has 5 nitrogen and oxygen atoms in total. The Balaban J connectivity index is 2.04.